The number of hydrogen-bond acceptors (Lipinski definition) is 4. The van der Waals surface area contributed by atoms with E-state index in [1.54, 1.807) is 29.8 Å². The largest absolute Gasteiger partial charge is 0.462 e. The number of rotatable bonds is 3. The first-order valence-corrected chi connectivity index (χ1v) is 6.36. The minimum absolute atomic E-state index is 0.310. The van der Waals surface area contributed by atoms with Gasteiger partial charge in [-0.1, -0.05) is 12.1 Å². The third-order valence-electron chi connectivity index (χ3n) is 2.93. The van der Waals surface area contributed by atoms with Crippen LogP contribution in [0.4, 0.5) is 0 Å². The van der Waals surface area contributed by atoms with Crippen molar-refractivity contribution in [3.63, 3.8) is 0 Å². The zero-order valence-electron chi connectivity index (χ0n) is 11.0. The SMILES string of the molecule is CCOC(=O)c1ccc(-c2cn3ncccc3n2)cc1. The fourth-order valence-corrected chi connectivity index (χ4v) is 1.96. The van der Waals surface area contributed by atoms with Gasteiger partial charge in [0.15, 0.2) is 5.65 Å². The summed E-state index contributed by atoms with van der Waals surface area (Å²) < 4.78 is 6.67. The summed E-state index contributed by atoms with van der Waals surface area (Å²) in [5.41, 5.74) is 3.08. The van der Waals surface area contributed by atoms with Gasteiger partial charge in [0, 0.05) is 11.8 Å². The molecule has 0 saturated carbocycles. The average molecular weight is 267 g/mol. The van der Waals surface area contributed by atoms with Crippen LogP contribution >= 0.6 is 0 Å². The Labute approximate surface area is 115 Å². The molecule has 20 heavy (non-hydrogen) atoms. The van der Waals surface area contributed by atoms with Crippen LogP contribution in [0.2, 0.25) is 0 Å². The fourth-order valence-electron chi connectivity index (χ4n) is 1.96. The molecule has 0 atom stereocenters. The highest BCUT2D eigenvalue weighted by molar-refractivity contribution is 5.90. The van der Waals surface area contributed by atoms with Crippen molar-refractivity contribution in [1.29, 1.82) is 0 Å². The molecule has 0 bridgehead atoms. The van der Waals surface area contributed by atoms with Gasteiger partial charge in [-0.2, -0.15) is 5.10 Å². The Balaban J connectivity index is 1.92. The van der Waals surface area contributed by atoms with E-state index in [1.165, 1.54) is 0 Å². The van der Waals surface area contributed by atoms with E-state index >= 15 is 0 Å². The Kier molecular flexibility index (Phi) is 3.16. The van der Waals surface area contributed by atoms with E-state index in [9.17, 15) is 4.79 Å². The molecule has 0 aliphatic heterocycles. The smallest absolute Gasteiger partial charge is 0.338 e. The van der Waals surface area contributed by atoms with Crippen molar-refractivity contribution in [2.75, 3.05) is 6.61 Å². The molecule has 0 fully saturated rings. The van der Waals surface area contributed by atoms with Gasteiger partial charge in [0.1, 0.15) is 0 Å². The molecule has 1 aromatic carbocycles. The van der Waals surface area contributed by atoms with Crippen LogP contribution in [0.5, 0.6) is 0 Å². The molecule has 3 aromatic rings. The molecule has 0 unspecified atom stereocenters. The van der Waals surface area contributed by atoms with Crippen LogP contribution in [0, 0.1) is 0 Å². The standard InChI is InChI=1S/C15H13N3O2/c1-2-20-15(19)12-7-5-11(6-8-12)13-10-18-14(17-13)4-3-9-16-18/h3-10H,2H2,1H3. The topological polar surface area (TPSA) is 56.5 Å². The normalized spacial score (nSPS) is 10.7. The summed E-state index contributed by atoms with van der Waals surface area (Å²) >= 11 is 0. The number of esters is 1. The number of aromatic nitrogens is 3. The molecule has 0 radical (unpaired) electrons. The van der Waals surface area contributed by atoms with Crippen LogP contribution < -0.4 is 0 Å². The Morgan fingerprint density at radius 1 is 1.25 bits per heavy atom. The maximum absolute atomic E-state index is 11.6. The highest BCUT2D eigenvalue weighted by Gasteiger charge is 2.08. The maximum atomic E-state index is 11.6. The number of fused-ring (bicyclic) bond motifs is 1. The highest BCUT2D eigenvalue weighted by Crippen LogP contribution is 2.19. The second kappa shape index (κ2) is 5.13. The van der Waals surface area contributed by atoms with Gasteiger partial charge in [-0.05, 0) is 31.2 Å². The molecule has 5 nitrogen and oxygen atoms in total. The van der Waals surface area contributed by atoms with Crippen LogP contribution in [0.15, 0.2) is 48.8 Å². The van der Waals surface area contributed by atoms with Gasteiger partial charge in [-0.25, -0.2) is 14.3 Å². The summed E-state index contributed by atoms with van der Waals surface area (Å²) in [6.07, 6.45) is 3.57. The maximum Gasteiger partial charge on any atom is 0.338 e. The van der Waals surface area contributed by atoms with E-state index in [4.69, 9.17) is 4.74 Å². The number of carbonyl (C=O) groups is 1. The Hall–Kier alpha value is -2.69. The number of imidazole rings is 1. The second-order valence-corrected chi connectivity index (χ2v) is 4.25. The summed E-state index contributed by atoms with van der Waals surface area (Å²) in [6, 6.07) is 10.9. The zero-order chi connectivity index (χ0) is 13.9. The fraction of sp³-hybridized carbons (Fsp3) is 0.133. The third kappa shape index (κ3) is 2.25. The number of ether oxygens (including phenoxy) is 1. The summed E-state index contributed by atoms with van der Waals surface area (Å²) in [7, 11) is 0. The molecule has 2 aromatic heterocycles. The van der Waals surface area contributed by atoms with Crippen LogP contribution in [0.25, 0.3) is 16.9 Å². The van der Waals surface area contributed by atoms with Gasteiger partial charge >= 0.3 is 5.97 Å². The molecular weight excluding hydrogens is 254 g/mol. The lowest BCUT2D eigenvalue weighted by molar-refractivity contribution is 0.0526. The van der Waals surface area contributed by atoms with Gasteiger partial charge < -0.3 is 4.74 Å². The Bertz CT molecular complexity index is 714. The molecule has 0 N–H and O–H groups in total. The van der Waals surface area contributed by atoms with E-state index in [-0.39, 0.29) is 5.97 Å². The average Bonchev–Trinajstić information content (AvgIpc) is 2.91. The predicted molar refractivity (Wildman–Crippen MR) is 74.4 cm³/mol. The van der Waals surface area contributed by atoms with Crippen molar-refractivity contribution >= 4 is 11.6 Å². The van der Waals surface area contributed by atoms with Gasteiger partial charge in [0.25, 0.3) is 0 Å². The quantitative estimate of drug-likeness (QED) is 0.684. The van der Waals surface area contributed by atoms with Gasteiger partial charge in [0.2, 0.25) is 0 Å². The minimum atomic E-state index is -0.310. The lowest BCUT2D eigenvalue weighted by Crippen LogP contribution is -2.03. The number of nitrogens with zero attached hydrogens (tertiary/aromatic N) is 3. The molecule has 0 aliphatic carbocycles. The molecule has 0 saturated heterocycles. The van der Waals surface area contributed by atoms with E-state index in [2.05, 4.69) is 10.1 Å². The van der Waals surface area contributed by atoms with Crippen molar-refractivity contribution in [1.82, 2.24) is 14.6 Å². The molecule has 0 spiro atoms. The number of hydrogen-bond donors (Lipinski definition) is 0. The molecular formula is C15H13N3O2. The van der Waals surface area contributed by atoms with Gasteiger partial charge in [-0.15, -0.1) is 0 Å². The second-order valence-electron chi connectivity index (χ2n) is 4.25. The first kappa shape index (κ1) is 12.3. The number of benzene rings is 1. The van der Waals surface area contributed by atoms with Gasteiger partial charge in [0.05, 0.1) is 24.1 Å². The van der Waals surface area contributed by atoms with Gasteiger partial charge in [-0.3, -0.25) is 0 Å². The lowest BCUT2D eigenvalue weighted by atomic mass is 10.1. The molecule has 5 heteroatoms. The first-order chi connectivity index (χ1) is 9.78. The molecule has 2 heterocycles. The van der Waals surface area contributed by atoms with E-state index in [1.807, 2.05) is 30.5 Å². The molecule has 0 amide bonds. The predicted octanol–water partition coefficient (Wildman–Crippen LogP) is 2.57. The summed E-state index contributed by atoms with van der Waals surface area (Å²) in [4.78, 5) is 16.1. The monoisotopic (exact) mass is 267 g/mol. The molecule has 3 rings (SSSR count). The summed E-state index contributed by atoms with van der Waals surface area (Å²) in [6.45, 7) is 2.16. The lowest BCUT2D eigenvalue weighted by Gasteiger charge is -2.02. The Morgan fingerprint density at radius 2 is 2.05 bits per heavy atom. The van der Waals surface area contributed by atoms with Crippen LogP contribution in [0.3, 0.4) is 0 Å². The van der Waals surface area contributed by atoms with Crippen molar-refractivity contribution < 1.29 is 9.53 Å². The van der Waals surface area contributed by atoms with E-state index in [0.717, 1.165) is 16.9 Å². The summed E-state index contributed by atoms with van der Waals surface area (Å²) in [5.74, 6) is -0.310. The van der Waals surface area contributed by atoms with Crippen LogP contribution in [0.1, 0.15) is 17.3 Å². The van der Waals surface area contributed by atoms with Crippen molar-refractivity contribution in [3.05, 3.63) is 54.4 Å². The zero-order valence-corrected chi connectivity index (χ0v) is 11.0. The van der Waals surface area contributed by atoms with Crippen LogP contribution in [-0.4, -0.2) is 27.2 Å². The molecule has 100 valence electrons. The third-order valence-corrected chi connectivity index (χ3v) is 2.93. The first-order valence-electron chi connectivity index (χ1n) is 6.36. The number of carbonyl (C=O) groups excluding carboxylic acids is 1. The van der Waals surface area contributed by atoms with E-state index in [0.29, 0.717) is 12.2 Å². The molecule has 0 aliphatic rings. The highest BCUT2D eigenvalue weighted by atomic mass is 16.5. The Morgan fingerprint density at radius 3 is 2.75 bits per heavy atom. The minimum Gasteiger partial charge on any atom is -0.462 e. The van der Waals surface area contributed by atoms with E-state index < -0.39 is 0 Å². The van der Waals surface area contributed by atoms with Crippen molar-refractivity contribution in [2.24, 2.45) is 0 Å². The van der Waals surface area contributed by atoms with Crippen molar-refractivity contribution in [2.45, 2.75) is 6.92 Å². The van der Waals surface area contributed by atoms with Crippen molar-refractivity contribution in [3.8, 4) is 11.3 Å². The van der Waals surface area contributed by atoms with Crippen LogP contribution in [-0.2, 0) is 4.74 Å². The summed E-state index contributed by atoms with van der Waals surface area (Å²) in [5, 5.41) is 4.18.